The summed E-state index contributed by atoms with van der Waals surface area (Å²) in [5.41, 5.74) is -0.719. The number of alkyl carbamates (subject to hydrolysis) is 1. The summed E-state index contributed by atoms with van der Waals surface area (Å²) in [6.07, 6.45) is -1.72. The van der Waals surface area contributed by atoms with Crippen LogP contribution in [0.4, 0.5) is 4.79 Å². The first kappa shape index (κ1) is 26.6. The molecular formula is C19H35N3O7. The van der Waals surface area contributed by atoms with Crippen molar-refractivity contribution in [1.29, 1.82) is 0 Å². The maximum Gasteiger partial charge on any atom is 0.408 e. The number of nitrogens with one attached hydrogen (secondary N) is 3. The number of ether oxygens (including phenoxy) is 2. The highest BCUT2D eigenvalue weighted by molar-refractivity contribution is 5.88. The number of aliphatic hydroxyl groups is 1. The van der Waals surface area contributed by atoms with E-state index in [1.54, 1.807) is 27.7 Å². The molecule has 0 fully saturated rings. The number of amides is 3. The summed E-state index contributed by atoms with van der Waals surface area (Å²) >= 11 is 0. The second-order valence-electron chi connectivity index (χ2n) is 8.09. The van der Waals surface area contributed by atoms with Crippen LogP contribution in [0.25, 0.3) is 0 Å². The van der Waals surface area contributed by atoms with Crippen molar-refractivity contribution >= 4 is 23.9 Å². The average molecular weight is 418 g/mol. The van der Waals surface area contributed by atoms with Crippen LogP contribution >= 0.6 is 0 Å². The van der Waals surface area contributed by atoms with Gasteiger partial charge in [0, 0.05) is 0 Å². The fourth-order valence-corrected chi connectivity index (χ4v) is 2.36. The first-order valence-corrected chi connectivity index (χ1v) is 9.63. The molecule has 0 bridgehead atoms. The van der Waals surface area contributed by atoms with Crippen LogP contribution in [0.1, 0.15) is 54.4 Å². The van der Waals surface area contributed by atoms with Gasteiger partial charge in [-0.25, -0.2) is 4.79 Å². The van der Waals surface area contributed by atoms with Crippen LogP contribution in [-0.2, 0) is 23.9 Å². The van der Waals surface area contributed by atoms with E-state index in [2.05, 4.69) is 20.7 Å². The summed E-state index contributed by atoms with van der Waals surface area (Å²) in [4.78, 5) is 47.9. The number of carbonyl (C=O) groups excluding carboxylic acids is 4. The molecule has 0 aromatic carbocycles. The van der Waals surface area contributed by atoms with Crippen molar-refractivity contribution in [1.82, 2.24) is 16.0 Å². The molecule has 0 saturated carbocycles. The van der Waals surface area contributed by atoms with Gasteiger partial charge in [-0.15, -0.1) is 0 Å². The molecule has 0 saturated heterocycles. The zero-order valence-electron chi connectivity index (χ0n) is 18.3. The Balaban J connectivity index is 5.06. The van der Waals surface area contributed by atoms with Gasteiger partial charge in [-0.2, -0.15) is 0 Å². The van der Waals surface area contributed by atoms with Gasteiger partial charge in [0.05, 0.1) is 13.2 Å². The molecule has 0 heterocycles. The van der Waals surface area contributed by atoms with Gasteiger partial charge < -0.3 is 30.5 Å². The molecule has 10 heteroatoms. The van der Waals surface area contributed by atoms with Gasteiger partial charge in [0.1, 0.15) is 18.2 Å². The molecule has 0 aromatic heterocycles. The standard InChI is InChI=1S/C19H35N3O7/c1-8-12(15(24)17(26)20-10-14(23)28-7)21-16(25)13(9-11(2)3)22-18(27)29-19(4,5)6/h11-13,15,24H,8-10H2,1-7H3,(H,20,26)(H,21,25)(H,22,27)/t12-,13-,15?/m0/s1. The van der Waals surface area contributed by atoms with E-state index < -0.39 is 54.2 Å². The van der Waals surface area contributed by atoms with Gasteiger partial charge >= 0.3 is 12.1 Å². The van der Waals surface area contributed by atoms with Crippen LogP contribution in [0.3, 0.4) is 0 Å². The molecule has 0 aliphatic carbocycles. The van der Waals surface area contributed by atoms with E-state index in [9.17, 15) is 24.3 Å². The largest absolute Gasteiger partial charge is 0.468 e. The first-order chi connectivity index (χ1) is 13.3. The van der Waals surface area contributed by atoms with Crippen molar-refractivity contribution in [3.05, 3.63) is 0 Å². The first-order valence-electron chi connectivity index (χ1n) is 9.63. The third-order valence-corrected chi connectivity index (χ3v) is 3.77. The Morgan fingerprint density at radius 2 is 1.62 bits per heavy atom. The van der Waals surface area contributed by atoms with Gasteiger partial charge in [-0.05, 0) is 39.5 Å². The van der Waals surface area contributed by atoms with Crippen LogP contribution in [0.15, 0.2) is 0 Å². The number of methoxy groups -OCH3 is 1. The Morgan fingerprint density at radius 1 is 1.03 bits per heavy atom. The second-order valence-corrected chi connectivity index (χ2v) is 8.09. The minimum atomic E-state index is -1.57. The maximum atomic E-state index is 12.7. The summed E-state index contributed by atoms with van der Waals surface area (Å²) in [6, 6.07) is -1.81. The summed E-state index contributed by atoms with van der Waals surface area (Å²) in [7, 11) is 1.17. The number of rotatable bonds is 10. The van der Waals surface area contributed by atoms with Crippen molar-refractivity contribution in [3.8, 4) is 0 Å². The highest BCUT2D eigenvalue weighted by Crippen LogP contribution is 2.10. The number of aliphatic hydroxyl groups excluding tert-OH is 1. The average Bonchev–Trinajstić information content (AvgIpc) is 2.60. The van der Waals surface area contributed by atoms with E-state index in [1.807, 2.05) is 13.8 Å². The molecular weight excluding hydrogens is 382 g/mol. The zero-order chi connectivity index (χ0) is 22.8. The predicted molar refractivity (Wildman–Crippen MR) is 106 cm³/mol. The Labute approximate surface area is 172 Å². The maximum absolute atomic E-state index is 12.7. The number of hydrogen-bond acceptors (Lipinski definition) is 7. The zero-order valence-corrected chi connectivity index (χ0v) is 18.3. The molecule has 0 aromatic rings. The van der Waals surface area contributed by atoms with E-state index in [0.29, 0.717) is 6.42 Å². The third-order valence-electron chi connectivity index (χ3n) is 3.77. The van der Waals surface area contributed by atoms with Gasteiger partial charge in [-0.3, -0.25) is 14.4 Å². The highest BCUT2D eigenvalue weighted by atomic mass is 16.6. The lowest BCUT2D eigenvalue weighted by atomic mass is 10.0. The smallest absolute Gasteiger partial charge is 0.408 e. The number of esters is 1. The van der Waals surface area contributed by atoms with E-state index in [1.165, 1.54) is 7.11 Å². The molecule has 4 N–H and O–H groups in total. The normalized spacial score (nSPS) is 14.4. The number of carbonyl (C=O) groups is 4. The SMILES string of the molecule is CC[C@H](NC(=O)[C@H](CC(C)C)NC(=O)OC(C)(C)C)C(O)C(=O)NCC(=O)OC. The van der Waals surface area contributed by atoms with Crippen LogP contribution in [0.2, 0.25) is 0 Å². The fraction of sp³-hybridized carbons (Fsp3) is 0.789. The minimum absolute atomic E-state index is 0.0917. The third kappa shape index (κ3) is 11.3. The van der Waals surface area contributed by atoms with Crippen LogP contribution in [0.5, 0.6) is 0 Å². The van der Waals surface area contributed by atoms with Gasteiger partial charge in [0.2, 0.25) is 5.91 Å². The summed E-state index contributed by atoms with van der Waals surface area (Å²) in [5, 5.41) is 17.6. The van der Waals surface area contributed by atoms with Crippen LogP contribution in [0, 0.1) is 5.92 Å². The van der Waals surface area contributed by atoms with Gasteiger partial charge in [0.15, 0.2) is 6.10 Å². The van der Waals surface area contributed by atoms with Crippen molar-refractivity contribution < 1.29 is 33.8 Å². The molecule has 0 radical (unpaired) electrons. The summed E-state index contributed by atoms with van der Waals surface area (Å²) in [5.74, 6) is -1.94. The second kappa shape index (κ2) is 12.3. The molecule has 3 amide bonds. The van der Waals surface area contributed by atoms with Crippen molar-refractivity contribution in [2.75, 3.05) is 13.7 Å². The van der Waals surface area contributed by atoms with Gasteiger partial charge in [0.25, 0.3) is 5.91 Å². The predicted octanol–water partition coefficient (Wildman–Crippen LogP) is 0.471. The van der Waals surface area contributed by atoms with Crippen molar-refractivity contribution in [3.63, 3.8) is 0 Å². The Kier molecular flexibility index (Phi) is 11.3. The highest BCUT2D eigenvalue weighted by Gasteiger charge is 2.31. The summed E-state index contributed by atoms with van der Waals surface area (Å²) in [6.45, 7) is 10.2. The summed E-state index contributed by atoms with van der Waals surface area (Å²) < 4.78 is 9.61. The molecule has 0 aliphatic rings. The Hall–Kier alpha value is -2.36. The lowest BCUT2D eigenvalue weighted by molar-refractivity contribution is -0.143. The van der Waals surface area contributed by atoms with Crippen LogP contribution < -0.4 is 16.0 Å². The lowest BCUT2D eigenvalue weighted by Crippen LogP contribution is -2.56. The molecule has 1 unspecified atom stereocenters. The molecule has 0 spiro atoms. The van der Waals surface area contributed by atoms with E-state index >= 15 is 0 Å². The monoisotopic (exact) mass is 417 g/mol. The number of hydrogen-bond donors (Lipinski definition) is 4. The Bertz CT molecular complexity index is 573. The van der Waals surface area contributed by atoms with E-state index in [-0.39, 0.29) is 12.3 Å². The molecule has 168 valence electrons. The Morgan fingerprint density at radius 3 is 2.07 bits per heavy atom. The minimum Gasteiger partial charge on any atom is -0.468 e. The molecule has 0 aliphatic heterocycles. The van der Waals surface area contributed by atoms with E-state index in [0.717, 1.165) is 0 Å². The van der Waals surface area contributed by atoms with Gasteiger partial charge in [-0.1, -0.05) is 20.8 Å². The van der Waals surface area contributed by atoms with Crippen molar-refractivity contribution in [2.24, 2.45) is 5.92 Å². The molecule has 10 nitrogen and oxygen atoms in total. The molecule has 3 atom stereocenters. The quantitative estimate of drug-likeness (QED) is 0.378. The molecule has 0 rings (SSSR count). The van der Waals surface area contributed by atoms with E-state index in [4.69, 9.17) is 4.74 Å². The fourth-order valence-electron chi connectivity index (χ4n) is 2.36. The van der Waals surface area contributed by atoms with Crippen molar-refractivity contribution in [2.45, 2.75) is 78.2 Å². The lowest BCUT2D eigenvalue weighted by Gasteiger charge is -2.27. The molecule has 29 heavy (non-hydrogen) atoms. The topological polar surface area (TPSA) is 143 Å². The van der Waals surface area contributed by atoms with Crippen LogP contribution in [-0.4, -0.2) is 66.4 Å².